The Kier molecular flexibility index (Phi) is 6.59. The van der Waals surface area contributed by atoms with E-state index in [-0.39, 0.29) is 11.8 Å². The van der Waals surface area contributed by atoms with E-state index in [2.05, 4.69) is 27.3 Å². The van der Waals surface area contributed by atoms with Crippen LogP contribution < -0.4 is 0 Å². The van der Waals surface area contributed by atoms with Crippen molar-refractivity contribution in [2.45, 2.75) is 6.54 Å². The molecule has 7 heteroatoms. The van der Waals surface area contributed by atoms with E-state index in [9.17, 15) is 9.59 Å². The SMILES string of the molecule is O=C(CN1CCN(C(=O)c2ccccc2)CC1)N1CCN(Cc2cccs2)CC1. The van der Waals surface area contributed by atoms with Gasteiger partial charge in [0.1, 0.15) is 0 Å². The molecule has 1 aromatic heterocycles. The van der Waals surface area contributed by atoms with Gasteiger partial charge in [-0.25, -0.2) is 0 Å². The van der Waals surface area contributed by atoms with E-state index >= 15 is 0 Å². The smallest absolute Gasteiger partial charge is 0.253 e. The van der Waals surface area contributed by atoms with E-state index in [1.165, 1.54) is 4.88 Å². The Bertz CT molecular complexity index is 795. The molecule has 2 amide bonds. The quantitative estimate of drug-likeness (QED) is 0.752. The van der Waals surface area contributed by atoms with Crippen molar-refractivity contribution in [1.82, 2.24) is 19.6 Å². The fraction of sp³-hybridized carbons (Fsp3) is 0.455. The Balaban J connectivity index is 1.19. The Morgan fingerprint density at radius 2 is 1.41 bits per heavy atom. The lowest BCUT2D eigenvalue weighted by Gasteiger charge is -2.38. The molecule has 0 bridgehead atoms. The molecule has 0 aliphatic carbocycles. The maximum Gasteiger partial charge on any atom is 0.253 e. The number of benzene rings is 1. The molecule has 0 radical (unpaired) electrons. The van der Waals surface area contributed by atoms with Gasteiger partial charge in [-0.1, -0.05) is 24.3 Å². The summed E-state index contributed by atoms with van der Waals surface area (Å²) in [7, 11) is 0. The number of nitrogens with zero attached hydrogens (tertiary/aromatic N) is 4. The van der Waals surface area contributed by atoms with Crippen LogP contribution in [0.3, 0.4) is 0 Å². The van der Waals surface area contributed by atoms with Crippen LogP contribution in [0.25, 0.3) is 0 Å². The van der Waals surface area contributed by atoms with E-state index in [0.717, 1.165) is 51.4 Å². The average molecular weight is 413 g/mol. The van der Waals surface area contributed by atoms with E-state index in [1.807, 2.05) is 40.1 Å². The highest BCUT2D eigenvalue weighted by molar-refractivity contribution is 7.09. The van der Waals surface area contributed by atoms with Crippen molar-refractivity contribution in [3.8, 4) is 0 Å². The fourth-order valence-electron chi connectivity index (χ4n) is 3.94. The molecule has 0 N–H and O–H groups in total. The number of piperazine rings is 2. The summed E-state index contributed by atoms with van der Waals surface area (Å²) in [4.78, 5) is 35.1. The summed E-state index contributed by atoms with van der Waals surface area (Å²) in [6.07, 6.45) is 0. The molecule has 2 saturated heterocycles. The van der Waals surface area contributed by atoms with Gasteiger partial charge in [-0.3, -0.25) is 19.4 Å². The molecule has 2 aromatic rings. The number of amides is 2. The van der Waals surface area contributed by atoms with Crippen molar-refractivity contribution in [1.29, 1.82) is 0 Å². The Labute approximate surface area is 176 Å². The summed E-state index contributed by atoms with van der Waals surface area (Å²) < 4.78 is 0. The van der Waals surface area contributed by atoms with Crippen molar-refractivity contribution in [2.75, 3.05) is 58.9 Å². The summed E-state index contributed by atoms with van der Waals surface area (Å²) in [5.41, 5.74) is 0.734. The van der Waals surface area contributed by atoms with Gasteiger partial charge in [0.2, 0.25) is 5.91 Å². The number of carbonyl (C=O) groups excluding carboxylic acids is 2. The van der Waals surface area contributed by atoms with Gasteiger partial charge in [0.05, 0.1) is 6.54 Å². The van der Waals surface area contributed by atoms with Gasteiger partial charge in [-0.05, 0) is 23.6 Å². The summed E-state index contributed by atoms with van der Waals surface area (Å²) in [5, 5.41) is 2.11. The van der Waals surface area contributed by atoms with Gasteiger partial charge in [0, 0.05) is 69.3 Å². The maximum atomic E-state index is 12.7. The standard InChI is InChI=1S/C22H28N4O2S/c27-21(25-12-8-23(9-13-25)17-20-7-4-16-29-20)18-24-10-14-26(15-11-24)22(28)19-5-2-1-3-6-19/h1-7,16H,8-15,17-18H2. The van der Waals surface area contributed by atoms with E-state index in [4.69, 9.17) is 0 Å². The fourth-order valence-corrected chi connectivity index (χ4v) is 4.69. The second kappa shape index (κ2) is 9.52. The van der Waals surface area contributed by atoms with Crippen LogP contribution in [0.2, 0.25) is 0 Å². The number of carbonyl (C=O) groups is 2. The lowest BCUT2D eigenvalue weighted by atomic mass is 10.2. The molecule has 0 unspecified atom stereocenters. The first kappa shape index (κ1) is 20.1. The van der Waals surface area contributed by atoms with Gasteiger partial charge in [0.25, 0.3) is 5.91 Å². The van der Waals surface area contributed by atoms with Crippen LogP contribution in [0.1, 0.15) is 15.2 Å². The zero-order valence-electron chi connectivity index (χ0n) is 16.7. The summed E-state index contributed by atoms with van der Waals surface area (Å²) >= 11 is 1.79. The first-order chi connectivity index (χ1) is 14.2. The summed E-state index contributed by atoms with van der Waals surface area (Å²) in [6, 6.07) is 13.7. The molecule has 2 aliphatic heterocycles. The van der Waals surface area contributed by atoms with Gasteiger partial charge >= 0.3 is 0 Å². The Morgan fingerprint density at radius 3 is 2.07 bits per heavy atom. The normalized spacial score (nSPS) is 18.8. The summed E-state index contributed by atoms with van der Waals surface area (Å²) in [6.45, 7) is 7.77. The van der Waals surface area contributed by atoms with Crippen LogP contribution in [0.5, 0.6) is 0 Å². The average Bonchev–Trinajstić information content (AvgIpc) is 3.28. The topological polar surface area (TPSA) is 47.1 Å². The summed E-state index contributed by atoms with van der Waals surface area (Å²) in [5.74, 6) is 0.294. The molecule has 4 rings (SSSR count). The van der Waals surface area contributed by atoms with Gasteiger partial charge in [-0.2, -0.15) is 0 Å². The first-order valence-electron chi connectivity index (χ1n) is 10.3. The third-order valence-corrected chi connectivity index (χ3v) is 6.58. The predicted octanol–water partition coefficient (Wildman–Crippen LogP) is 1.85. The van der Waals surface area contributed by atoms with Crippen LogP contribution in [-0.4, -0.2) is 90.3 Å². The van der Waals surface area contributed by atoms with Crippen molar-refractivity contribution in [3.05, 3.63) is 58.3 Å². The molecule has 0 saturated carbocycles. The van der Waals surface area contributed by atoms with Crippen LogP contribution in [0.15, 0.2) is 47.8 Å². The molecule has 1 aromatic carbocycles. The van der Waals surface area contributed by atoms with E-state index in [0.29, 0.717) is 19.6 Å². The Hall–Kier alpha value is -2.22. The van der Waals surface area contributed by atoms with Crippen molar-refractivity contribution in [2.24, 2.45) is 0 Å². The highest BCUT2D eigenvalue weighted by Crippen LogP contribution is 2.14. The molecular formula is C22H28N4O2S. The third kappa shape index (κ3) is 5.23. The predicted molar refractivity (Wildman–Crippen MR) is 115 cm³/mol. The number of rotatable bonds is 5. The third-order valence-electron chi connectivity index (χ3n) is 5.72. The monoisotopic (exact) mass is 412 g/mol. The minimum absolute atomic E-state index is 0.0819. The minimum atomic E-state index is 0.0819. The largest absolute Gasteiger partial charge is 0.339 e. The molecule has 6 nitrogen and oxygen atoms in total. The highest BCUT2D eigenvalue weighted by atomic mass is 32.1. The van der Waals surface area contributed by atoms with Crippen LogP contribution in [0, 0.1) is 0 Å². The van der Waals surface area contributed by atoms with Crippen LogP contribution in [0.4, 0.5) is 0 Å². The van der Waals surface area contributed by atoms with Crippen molar-refractivity contribution >= 4 is 23.2 Å². The molecule has 0 spiro atoms. The first-order valence-corrected chi connectivity index (χ1v) is 11.2. The molecule has 29 heavy (non-hydrogen) atoms. The van der Waals surface area contributed by atoms with Crippen LogP contribution in [-0.2, 0) is 11.3 Å². The van der Waals surface area contributed by atoms with Gasteiger partial charge in [0.15, 0.2) is 0 Å². The van der Waals surface area contributed by atoms with Crippen molar-refractivity contribution < 1.29 is 9.59 Å². The van der Waals surface area contributed by atoms with Crippen molar-refractivity contribution in [3.63, 3.8) is 0 Å². The maximum absolute atomic E-state index is 12.7. The lowest BCUT2D eigenvalue weighted by molar-refractivity contribution is -0.134. The highest BCUT2D eigenvalue weighted by Gasteiger charge is 2.26. The molecule has 2 aliphatic rings. The van der Waals surface area contributed by atoms with E-state index < -0.39 is 0 Å². The van der Waals surface area contributed by atoms with Crippen LogP contribution >= 0.6 is 11.3 Å². The molecule has 3 heterocycles. The number of hydrogen-bond donors (Lipinski definition) is 0. The molecular weight excluding hydrogens is 384 g/mol. The van der Waals surface area contributed by atoms with E-state index in [1.54, 1.807) is 11.3 Å². The second-order valence-electron chi connectivity index (χ2n) is 7.67. The molecule has 2 fully saturated rings. The molecule has 0 atom stereocenters. The second-order valence-corrected chi connectivity index (χ2v) is 8.70. The lowest BCUT2D eigenvalue weighted by Crippen LogP contribution is -2.54. The number of hydrogen-bond acceptors (Lipinski definition) is 5. The molecule has 154 valence electrons. The minimum Gasteiger partial charge on any atom is -0.339 e. The number of thiophene rings is 1. The Morgan fingerprint density at radius 1 is 0.759 bits per heavy atom. The van der Waals surface area contributed by atoms with Gasteiger partial charge in [-0.15, -0.1) is 11.3 Å². The van der Waals surface area contributed by atoms with Gasteiger partial charge < -0.3 is 9.80 Å². The zero-order valence-corrected chi connectivity index (χ0v) is 17.5. The zero-order chi connectivity index (χ0) is 20.1.